The molecule has 2 rings (SSSR count). The molecule has 0 aromatic heterocycles. The van der Waals surface area contributed by atoms with Gasteiger partial charge < -0.3 is 5.32 Å². The normalized spacial score (nSPS) is 16.3. The van der Waals surface area contributed by atoms with E-state index in [-0.39, 0.29) is 16.6 Å². The Bertz CT molecular complexity index is 581. The molecule has 0 spiro atoms. The maximum atomic E-state index is 12.0. The zero-order valence-corrected chi connectivity index (χ0v) is 10.5. The van der Waals surface area contributed by atoms with Crippen molar-refractivity contribution in [1.82, 2.24) is 10.0 Å². The molecule has 0 radical (unpaired) electrons. The molecule has 0 unspecified atom stereocenters. The van der Waals surface area contributed by atoms with E-state index in [2.05, 4.69) is 10.0 Å². The van der Waals surface area contributed by atoms with E-state index in [9.17, 15) is 18.5 Å². The summed E-state index contributed by atoms with van der Waals surface area (Å²) in [6.45, 7) is 2.75. The van der Waals surface area contributed by atoms with Gasteiger partial charge >= 0.3 is 0 Å². The average molecular weight is 271 g/mol. The Balaban J connectivity index is 2.29. The second-order valence-electron chi connectivity index (χ2n) is 4.18. The Morgan fingerprint density at radius 3 is 2.56 bits per heavy atom. The second-order valence-corrected chi connectivity index (χ2v) is 5.87. The number of sulfonamides is 1. The van der Waals surface area contributed by atoms with Gasteiger partial charge in [-0.25, -0.2) is 13.1 Å². The number of nitrogens with zero attached hydrogens (tertiary/aromatic N) is 1. The molecule has 18 heavy (non-hydrogen) atoms. The summed E-state index contributed by atoms with van der Waals surface area (Å²) in [4.78, 5) is 10.1. The number of nitro groups is 1. The highest BCUT2D eigenvalue weighted by Crippen LogP contribution is 2.21. The Kier molecular flexibility index (Phi) is 3.33. The molecular formula is C10H13N3O4S. The van der Waals surface area contributed by atoms with Crippen LogP contribution in [0.5, 0.6) is 0 Å². The van der Waals surface area contributed by atoms with Crippen LogP contribution >= 0.6 is 0 Å². The highest BCUT2D eigenvalue weighted by atomic mass is 32.2. The van der Waals surface area contributed by atoms with Gasteiger partial charge in [0.2, 0.25) is 10.0 Å². The van der Waals surface area contributed by atoms with E-state index in [1.54, 1.807) is 6.92 Å². The topological polar surface area (TPSA) is 101 Å². The van der Waals surface area contributed by atoms with E-state index in [4.69, 9.17) is 0 Å². The predicted octanol–water partition coefficient (Wildman–Crippen LogP) is 0.153. The molecule has 1 aromatic rings. The van der Waals surface area contributed by atoms with E-state index in [0.29, 0.717) is 18.7 Å². The lowest BCUT2D eigenvalue weighted by atomic mass is 10.2. The van der Waals surface area contributed by atoms with Gasteiger partial charge in [0.1, 0.15) is 0 Å². The van der Waals surface area contributed by atoms with E-state index < -0.39 is 14.9 Å². The molecule has 1 aliphatic heterocycles. The Morgan fingerprint density at radius 2 is 2.11 bits per heavy atom. The molecule has 0 amide bonds. The molecule has 8 heteroatoms. The second kappa shape index (κ2) is 4.63. The quantitative estimate of drug-likeness (QED) is 0.599. The zero-order valence-electron chi connectivity index (χ0n) is 9.71. The SMILES string of the molecule is Cc1cc([N+](=O)[O-])ccc1S(=O)(=O)NC1CNC1. The van der Waals surface area contributed by atoms with Crippen LogP contribution in [0.1, 0.15) is 5.56 Å². The number of nitro benzene ring substituents is 1. The van der Waals surface area contributed by atoms with Crippen LogP contribution < -0.4 is 10.0 Å². The Labute approximate surface area is 104 Å². The first kappa shape index (κ1) is 12.9. The number of aryl methyl sites for hydroxylation is 1. The zero-order chi connectivity index (χ0) is 13.3. The fourth-order valence-electron chi connectivity index (χ4n) is 1.70. The monoisotopic (exact) mass is 271 g/mol. The highest BCUT2D eigenvalue weighted by molar-refractivity contribution is 7.89. The van der Waals surface area contributed by atoms with Gasteiger partial charge in [0, 0.05) is 31.3 Å². The van der Waals surface area contributed by atoms with Gasteiger partial charge in [-0.1, -0.05) is 0 Å². The molecule has 0 atom stereocenters. The molecule has 0 bridgehead atoms. The third kappa shape index (κ3) is 2.50. The first-order valence-corrected chi connectivity index (χ1v) is 6.86. The largest absolute Gasteiger partial charge is 0.313 e. The van der Waals surface area contributed by atoms with E-state index in [0.717, 1.165) is 0 Å². The number of nitrogens with one attached hydrogen (secondary N) is 2. The van der Waals surface area contributed by atoms with Gasteiger partial charge in [0.15, 0.2) is 0 Å². The van der Waals surface area contributed by atoms with Gasteiger partial charge in [-0.15, -0.1) is 0 Å². The maximum absolute atomic E-state index is 12.0. The van der Waals surface area contributed by atoms with Crippen molar-refractivity contribution in [2.24, 2.45) is 0 Å². The standard InChI is InChI=1S/C10H13N3O4S/c1-7-4-9(13(14)15)2-3-10(7)18(16,17)12-8-5-11-6-8/h2-4,8,11-12H,5-6H2,1H3. The lowest BCUT2D eigenvalue weighted by Crippen LogP contribution is -2.56. The molecule has 1 aliphatic rings. The average Bonchev–Trinajstić information content (AvgIpc) is 2.23. The van der Waals surface area contributed by atoms with Crippen molar-refractivity contribution in [2.45, 2.75) is 17.9 Å². The van der Waals surface area contributed by atoms with Crippen LogP contribution in [0.2, 0.25) is 0 Å². The van der Waals surface area contributed by atoms with Crippen LogP contribution in [0.25, 0.3) is 0 Å². The van der Waals surface area contributed by atoms with Crippen LogP contribution in [-0.4, -0.2) is 32.5 Å². The summed E-state index contributed by atoms with van der Waals surface area (Å²) >= 11 is 0. The third-order valence-electron chi connectivity index (χ3n) is 2.76. The lowest BCUT2D eigenvalue weighted by Gasteiger charge is -2.27. The van der Waals surface area contributed by atoms with Crippen LogP contribution in [0, 0.1) is 17.0 Å². The molecule has 1 saturated heterocycles. The fourth-order valence-corrected chi connectivity index (χ4v) is 3.17. The van der Waals surface area contributed by atoms with Gasteiger partial charge in [-0.3, -0.25) is 10.1 Å². The smallest absolute Gasteiger partial charge is 0.269 e. The molecule has 1 heterocycles. The van der Waals surface area contributed by atoms with Crippen LogP contribution in [0.15, 0.2) is 23.1 Å². The number of hydrogen-bond donors (Lipinski definition) is 2. The minimum absolute atomic E-state index is 0.0833. The summed E-state index contributed by atoms with van der Waals surface area (Å²) in [6.07, 6.45) is 0. The first-order chi connectivity index (χ1) is 8.40. The minimum atomic E-state index is -3.61. The molecule has 2 N–H and O–H groups in total. The maximum Gasteiger partial charge on any atom is 0.269 e. The van der Waals surface area contributed by atoms with Crippen LogP contribution in [-0.2, 0) is 10.0 Å². The van der Waals surface area contributed by atoms with Crippen molar-refractivity contribution in [2.75, 3.05) is 13.1 Å². The number of non-ortho nitro benzene ring substituents is 1. The summed E-state index contributed by atoms with van der Waals surface area (Å²) in [5, 5.41) is 13.5. The molecule has 0 aliphatic carbocycles. The van der Waals surface area contributed by atoms with Crippen molar-refractivity contribution in [3.8, 4) is 0 Å². The Hall–Kier alpha value is -1.51. The van der Waals surface area contributed by atoms with E-state index in [1.807, 2.05) is 0 Å². The van der Waals surface area contributed by atoms with Crippen LogP contribution in [0.4, 0.5) is 5.69 Å². The summed E-state index contributed by atoms with van der Waals surface area (Å²) in [7, 11) is -3.61. The van der Waals surface area contributed by atoms with Crippen LogP contribution in [0.3, 0.4) is 0 Å². The third-order valence-corrected chi connectivity index (χ3v) is 4.44. The number of hydrogen-bond acceptors (Lipinski definition) is 5. The number of benzene rings is 1. The van der Waals surface area contributed by atoms with Crippen molar-refractivity contribution in [1.29, 1.82) is 0 Å². The fraction of sp³-hybridized carbons (Fsp3) is 0.400. The van der Waals surface area contributed by atoms with Crippen molar-refractivity contribution < 1.29 is 13.3 Å². The van der Waals surface area contributed by atoms with Gasteiger partial charge in [0.25, 0.3) is 5.69 Å². The molecule has 98 valence electrons. The highest BCUT2D eigenvalue weighted by Gasteiger charge is 2.26. The number of rotatable bonds is 4. The summed E-state index contributed by atoms with van der Waals surface area (Å²) in [5.74, 6) is 0. The summed E-state index contributed by atoms with van der Waals surface area (Å²) < 4.78 is 26.6. The summed E-state index contributed by atoms with van der Waals surface area (Å²) in [5.41, 5.74) is 0.251. The molecular weight excluding hydrogens is 258 g/mol. The van der Waals surface area contributed by atoms with Gasteiger partial charge in [-0.2, -0.15) is 0 Å². The lowest BCUT2D eigenvalue weighted by molar-refractivity contribution is -0.385. The van der Waals surface area contributed by atoms with Gasteiger partial charge in [0.05, 0.1) is 9.82 Å². The van der Waals surface area contributed by atoms with E-state index >= 15 is 0 Å². The molecule has 1 aromatic carbocycles. The van der Waals surface area contributed by atoms with E-state index in [1.165, 1.54) is 18.2 Å². The summed E-state index contributed by atoms with van der Waals surface area (Å²) in [6, 6.07) is 3.61. The predicted molar refractivity (Wildman–Crippen MR) is 64.8 cm³/mol. The Morgan fingerprint density at radius 1 is 1.44 bits per heavy atom. The van der Waals surface area contributed by atoms with Gasteiger partial charge in [-0.05, 0) is 18.6 Å². The first-order valence-electron chi connectivity index (χ1n) is 5.38. The molecule has 1 fully saturated rings. The van der Waals surface area contributed by atoms with Crippen molar-refractivity contribution >= 4 is 15.7 Å². The van der Waals surface area contributed by atoms with Crippen molar-refractivity contribution in [3.63, 3.8) is 0 Å². The molecule has 7 nitrogen and oxygen atoms in total. The molecule has 0 saturated carbocycles. The minimum Gasteiger partial charge on any atom is -0.313 e. The van der Waals surface area contributed by atoms with Crippen molar-refractivity contribution in [3.05, 3.63) is 33.9 Å².